The molecule has 2 nitrogen and oxygen atoms in total. The summed E-state index contributed by atoms with van der Waals surface area (Å²) in [5.74, 6) is 0.666. The molecule has 1 fully saturated rings. The van der Waals surface area contributed by atoms with Gasteiger partial charge in [-0.2, -0.15) is 0 Å². The van der Waals surface area contributed by atoms with E-state index < -0.39 is 0 Å². The number of hydrogen-bond acceptors (Lipinski definition) is 2. The van der Waals surface area contributed by atoms with Gasteiger partial charge in [0.05, 0.1) is 0 Å². The van der Waals surface area contributed by atoms with Crippen LogP contribution in [0.25, 0.3) is 0 Å². The van der Waals surface area contributed by atoms with Crippen LogP contribution in [0.1, 0.15) is 48.8 Å². The average molecular weight is 338 g/mol. The van der Waals surface area contributed by atoms with Crippen molar-refractivity contribution in [3.05, 3.63) is 71.0 Å². The molecule has 1 aliphatic heterocycles. The Morgan fingerprint density at radius 1 is 1.04 bits per heavy atom. The van der Waals surface area contributed by atoms with E-state index >= 15 is 0 Å². The van der Waals surface area contributed by atoms with Gasteiger partial charge in [0, 0.05) is 36.5 Å². The van der Waals surface area contributed by atoms with Crippen LogP contribution in [0.5, 0.6) is 0 Å². The molecule has 3 atom stereocenters. The van der Waals surface area contributed by atoms with Crippen molar-refractivity contribution in [2.24, 2.45) is 0 Å². The highest BCUT2D eigenvalue weighted by molar-refractivity contribution is 5.46. The first-order valence-corrected chi connectivity index (χ1v) is 9.27. The maximum atomic E-state index is 13.4. The predicted octanol–water partition coefficient (Wildman–Crippen LogP) is 4.13. The smallest absolute Gasteiger partial charge is 0.123 e. The number of nitrogens with zero attached hydrogens (tertiary/aromatic N) is 1. The average Bonchev–Trinajstić information content (AvgIpc) is 2.97. The van der Waals surface area contributed by atoms with Gasteiger partial charge in [-0.25, -0.2) is 4.39 Å². The molecule has 2 aliphatic rings. The fourth-order valence-electron chi connectivity index (χ4n) is 4.80. The van der Waals surface area contributed by atoms with Crippen LogP contribution in [0.15, 0.2) is 48.5 Å². The Kier molecular flexibility index (Phi) is 4.17. The molecule has 0 radical (unpaired) electrons. The number of rotatable bonds is 2. The first-order chi connectivity index (χ1) is 12.0. The molecule has 3 unspecified atom stereocenters. The normalized spacial score (nSPS) is 28.7. The fraction of sp³-hybridized carbons (Fsp3) is 0.455. The molecule has 2 aromatic rings. The van der Waals surface area contributed by atoms with Crippen LogP contribution in [-0.4, -0.2) is 36.6 Å². The van der Waals surface area contributed by atoms with E-state index in [0.717, 1.165) is 19.5 Å². The Balaban J connectivity index is 1.72. The van der Waals surface area contributed by atoms with Crippen molar-refractivity contribution in [3.8, 4) is 0 Å². The SMILES string of the molecule is CN1CCNC(C2CC(c3ccc(F)cc3)c3ccccc32)C1(C)C. The van der Waals surface area contributed by atoms with E-state index in [4.69, 9.17) is 0 Å². The molecule has 1 aliphatic carbocycles. The molecule has 2 aromatic carbocycles. The zero-order valence-corrected chi connectivity index (χ0v) is 15.3. The minimum Gasteiger partial charge on any atom is -0.310 e. The molecule has 0 spiro atoms. The number of halogens is 1. The van der Waals surface area contributed by atoms with Gasteiger partial charge in [-0.3, -0.25) is 4.90 Å². The summed E-state index contributed by atoms with van der Waals surface area (Å²) in [5, 5.41) is 3.80. The molecule has 1 saturated heterocycles. The number of piperazine rings is 1. The van der Waals surface area contributed by atoms with E-state index in [9.17, 15) is 4.39 Å². The molecule has 0 amide bonds. The van der Waals surface area contributed by atoms with Crippen molar-refractivity contribution in [1.82, 2.24) is 10.2 Å². The Morgan fingerprint density at radius 3 is 2.44 bits per heavy atom. The van der Waals surface area contributed by atoms with Crippen molar-refractivity contribution in [1.29, 1.82) is 0 Å². The highest BCUT2D eigenvalue weighted by atomic mass is 19.1. The molecule has 1 N–H and O–H groups in total. The van der Waals surface area contributed by atoms with Crippen molar-refractivity contribution in [2.75, 3.05) is 20.1 Å². The second-order valence-corrected chi connectivity index (χ2v) is 8.08. The van der Waals surface area contributed by atoms with Gasteiger partial charge in [-0.1, -0.05) is 36.4 Å². The summed E-state index contributed by atoms with van der Waals surface area (Å²) in [7, 11) is 2.23. The quantitative estimate of drug-likeness (QED) is 0.886. The lowest BCUT2D eigenvalue weighted by atomic mass is 9.78. The van der Waals surface area contributed by atoms with Crippen LogP contribution >= 0.6 is 0 Å². The van der Waals surface area contributed by atoms with Crippen molar-refractivity contribution < 1.29 is 4.39 Å². The maximum Gasteiger partial charge on any atom is 0.123 e. The summed E-state index contributed by atoms with van der Waals surface area (Å²) in [6.07, 6.45) is 1.08. The lowest BCUT2D eigenvalue weighted by Gasteiger charge is -2.49. The Bertz CT molecular complexity index is 753. The zero-order chi connectivity index (χ0) is 17.6. The van der Waals surface area contributed by atoms with Gasteiger partial charge in [0.2, 0.25) is 0 Å². The van der Waals surface area contributed by atoms with Crippen molar-refractivity contribution in [2.45, 2.75) is 43.7 Å². The summed E-state index contributed by atoms with van der Waals surface area (Å²) in [6.45, 7) is 6.80. The van der Waals surface area contributed by atoms with Gasteiger partial charge in [-0.15, -0.1) is 0 Å². The van der Waals surface area contributed by atoms with Crippen LogP contribution in [0.3, 0.4) is 0 Å². The topological polar surface area (TPSA) is 15.3 Å². The Labute approximate surface area is 150 Å². The highest BCUT2D eigenvalue weighted by Crippen LogP contribution is 2.49. The van der Waals surface area contributed by atoms with Gasteiger partial charge in [0.1, 0.15) is 5.82 Å². The minimum absolute atomic E-state index is 0.105. The fourth-order valence-corrected chi connectivity index (χ4v) is 4.80. The van der Waals surface area contributed by atoms with E-state index in [1.54, 1.807) is 12.1 Å². The summed E-state index contributed by atoms with van der Waals surface area (Å²) >= 11 is 0. The van der Waals surface area contributed by atoms with Crippen LogP contribution in [0, 0.1) is 5.82 Å². The number of nitrogens with one attached hydrogen (secondary N) is 1. The predicted molar refractivity (Wildman–Crippen MR) is 101 cm³/mol. The number of benzene rings is 2. The first-order valence-electron chi connectivity index (χ1n) is 9.27. The van der Waals surface area contributed by atoms with Crippen LogP contribution in [0.2, 0.25) is 0 Å². The maximum absolute atomic E-state index is 13.4. The molecule has 4 rings (SSSR count). The number of hydrogen-bond donors (Lipinski definition) is 1. The van der Waals surface area contributed by atoms with Crippen molar-refractivity contribution >= 4 is 0 Å². The summed E-state index contributed by atoms with van der Waals surface area (Å²) < 4.78 is 13.4. The molecule has 1 heterocycles. The van der Waals surface area contributed by atoms with E-state index in [-0.39, 0.29) is 11.4 Å². The summed E-state index contributed by atoms with van der Waals surface area (Å²) in [6, 6.07) is 16.3. The zero-order valence-electron chi connectivity index (χ0n) is 15.3. The van der Waals surface area contributed by atoms with E-state index in [1.807, 2.05) is 12.1 Å². The summed E-state index contributed by atoms with van der Waals surface area (Å²) in [5.41, 5.74) is 4.19. The van der Waals surface area contributed by atoms with E-state index in [0.29, 0.717) is 17.9 Å². The highest BCUT2D eigenvalue weighted by Gasteiger charge is 2.45. The molecule has 0 saturated carbocycles. The lowest BCUT2D eigenvalue weighted by Crippen LogP contribution is -2.64. The number of fused-ring (bicyclic) bond motifs is 1. The van der Waals surface area contributed by atoms with Gasteiger partial charge < -0.3 is 5.32 Å². The number of likely N-dealkylation sites (N-methyl/N-ethyl adjacent to an activating group) is 1. The molecular weight excluding hydrogens is 311 g/mol. The summed E-state index contributed by atoms with van der Waals surface area (Å²) in [4.78, 5) is 2.47. The van der Waals surface area contributed by atoms with Gasteiger partial charge >= 0.3 is 0 Å². The minimum atomic E-state index is -0.164. The second-order valence-electron chi connectivity index (χ2n) is 8.08. The van der Waals surface area contributed by atoms with Gasteiger partial charge in [-0.05, 0) is 56.1 Å². The molecule has 132 valence electrons. The van der Waals surface area contributed by atoms with E-state index in [2.05, 4.69) is 55.4 Å². The van der Waals surface area contributed by atoms with Crippen molar-refractivity contribution in [3.63, 3.8) is 0 Å². The third-order valence-electron chi connectivity index (χ3n) is 6.49. The Morgan fingerprint density at radius 2 is 1.72 bits per heavy atom. The standard InChI is InChI=1S/C22H27FN2/c1-22(2)21(24-12-13-25(22)3)20-14-19(15-8-10-16(23)11-9-15)17-6-4-5-7-18(17)20/h4-11,19-21,24H,12-14H2,1-3H3. The largest absolute Gasteiger partial charge is 0.310 e. The van der Waals surface area contributed by atoms with Crippen LogP contribution < -0.4 is 5.32 Å². The molecule has 25 heavy (non-hydrogen) atoms. The molecular formula is C22H27FN2. The molecule has 0 aromatic heterocycles. The molecule has 3 heteroatoms. The third kappa shape index (κ3) is 2.80. The Hall–Kier alpha value is -1.71. The second kappa shape index (κ2) is 6.22. The lowest BCUT2D eigenvalue weighted by molar-refractivity contribution is 0.0609. The van der Waals surface area contributed by atoms with Gasteiger partial charge in [0.15, 0.2) is 0 Å². The molecule has 0 bridgehead atoms. The third-order valence-corrected chi connectivity index (χ3v) is 6.49. The van der Waals surface area contributed by atoms with Gasteiger partial charge in [0.25, 0.3) is 0 Å². The van der Waals surface area contributed by atoms with E-state index in [1.165, 1.54) is 16.7 Å². The first kappa shape index (κ1) is 16.7. The van der Waals surface area contributed by atoms with Crippen LogP contribution in [-0.2, 0) is 0 Å². The monoisotopic (exact) mass is 338 g/mol. The van der Waals surface area contributed by atoms with Crippen LogP contribution in [0.4, 0.5) is 4.39 Å².